The van der Waals surface area contributed by atoms with Crippen LogP contribution in [0.5, 0.6) is 0 Å². The van der Waals surface area contributed by atoms with Crippen molar-refractivity contribution in [2.24, 2.45) is 11.5 Å². The third-order valence-electron chi connectivity index (χ3n) is 4.67. The maximum absolute atomic E-state index is 11.8. The van der Waals surface area contributed by atoms with Gasteiger partial charge >= 0.3 is 7.12 Å². The summed E-state index contributed by atoms with van der Waals surface area (Å²) in [5, 5.41) is 29.6. The largest absolute Gasteiger partial charge is 0.488 e. The van der Waals surface area contributed by atoms with Gasteiger partial charge in [-0.3, -0.25) is 9.89 Å². The molecule has 0 saturated carbocycles. The molecule has 31 heavy (non-hydrogen) atoms. The molecule has 0 aliphatic rings. The number of benzene rings is 2. The van der Waals surface area contributed by atoms with E-state index >= 15 is 0 Å². The van der Waals surface area contributed by atoms with E-state index < -0.39 is 13.0 Å². The summed E-state index contributed by atoms with van der Waals surface area (Å²) in [4.78, 5) is 24.4. The van der Waals surface area contributed by atoms with Gasteiger partial charge in [-0.2, -0.15) is 15.1 Å². The molecule has 0 aliphatic carbocycles. The molecular formula is C19H19BN8O3. The molecule has 2 heterocycles. The van der Waals surface area contributed by atoms with Crippen molar-refractivity contribution in [2.75, 3.05) is 5.32 Å². The van der Waals surface area contributed by atoms with Gasteiger partial charge in [-0.05, 0) is 16.6 Å². The molecule has 0 radical (unpaired) electrons. The quantitative estimate of drug-likeness (QED) is 0.210. The zero-order valence-corrected chi connectivity index (χ0v) is 16.3. The molecule has 2 aromatic heterocycles. The molecule has 1 amide bonds. The summed E-state index contributed by atoms with van der Waals surface area (Å²) in [6.45, 7) is 0.595. The van der Waals surface area contributed by atoms with Crippen LogP contribution in [-0.2, 0) is 13.1 Å². The number of para-hydroxylation sites is 1. The van der Waals surface area contributed by atoms with Crippen molar-refractivity contribution in [3.8, 4) is 11.5 Å². The highest BCUT2D eigenvalue weighted by Gasteiger charge is 2.18. The highest BCUT2D eigenvalue weighted by molar-refractivity contribution is 6.58. The number of aromatic amines is 1. The van der Waals surface area contributed by atoms with Crippen molar-refractivity contribution < 1.29 is 14.8 Å². The van der Waals surface area contributed by atoms with E-state index in [-0.39, 0.29) is 24.1 Å². The van der Waals surface area contributed by atoms with Crippen molar-refractivity contribution >= 4 is 35.3 Å². The van der Waals surface area contributed by atoms with Crippen LogP contribution < -0.4 is 22.2 Å². The predicted octanol–water partition coefficient (Wildman–Crippen LogP) is -0.736. The Kier molecular flexibility index (Phi) is 5.58. The molecule has 156 valence electrons. The number of primary amides is 1. The van der Waals surface area contributed by atoms with E-state index in [0.717, 1.165) is 22.0 Å². The van der Waals surface area contributed by atoms with Crippen LogP contribution in [0, 0.1) is 0 Å². The van der Waals surface area contributed by atoms with Crippen molar-refractivity contribution in [3.05, 3.63) is 59.4 Å². The lowest BCUT2D eigenvalue weighted by atomic mass is 9.80. The number of hydrogen-bond donors (Lipinski definition) is 6. The molecule has 12 heteroatoms. The van der Waals surface area contributed by atoms with Gasteiger partial charge < -0.3 is 26.8 Å². The first-order valence-corrected chi connectivity index (χ1v) is 9.37. The molecule has 0 aliphatic heterocycles. The topological polar surface area (TPSA) is 189 Å². The maximum atomic E-state index is 11.8. The molecule has 0 saturated heterocycles. The van der Waals surface area contributed by atoms with E-state index in [9.17, 15) is 14.8 Å². The van der Waals surface area contributed by atoms with E-state index in [1.165, 1.54) is 0 Å². The molecule has 4 aromatic rings. The average Bonchev–Trinajstić information content (AvgIpc) is 3.22. The van der Waals surface area contributed by atoms with Gasteiger partial charge in [0.15, 0.2) is 5.82 Å². The summed E-state index contributed by atoms with van der Waals surface area (Å²) in [6.07, 6.45) is 0. The second kappa shape index (κ2) is 8.48. The van der Waals surface area contributed by atoms with E-state index in [1.54, 1.807) is 24.3 Å². The number of fused-ring (bicyclic) bond motifs is 1. The van der Waals surface area contributed by atoms with Gasteiger partial charge in [0.1, 0.15) is 5.69 Å². The fourth-order valence-electron chi connectivity index (χ4n) is 3.16. The number of nitrogens with zero attached hydrogens (tertiary/aromatic N) is 4. The normalized spacial score (nSPS) is 10.9. The summed E-state index contributed by atoms with van der Waals surface area (Å²) in [5.41, 5.74) is 14.4. The molecule has 11 nitrogen and oxygen atoms in total. The number of amides is 1. The van der Waals surface area contributed by atoms with Crippen LogP contribution in [0.3, 0.4) is 0 Å². The van der Waals surface area contributed by atoms with Crippen LogP contribution in [-0.4, -0.2) is 48.2 Å². The second-order valence-electron chi connectivity index (χ2n) is 6.76. The van der Waals surface area contributed by atoms with Crippen LogP contribution in [0.25, 0.3) is 22.4 Å². The molecule has 8 N–H and O–H groups in total. The highest BCUT2D eigenvalue weighted by atomic mass is 16.4. The Morgan fingerprint density at radius 1 is 1.13 bits per heavy atom. The zero-order valence-electron chi connectivity index (χ0n) is 16.3. The number of nitrogens with two attached hydrogens (primary N) is 2. The molecular weight excluding hydrogens is 399 g/mol. The molecule has 0 spiro atoms. The van der Waals surface area contributed by atoms with Crippen molar-refractivity contribution in [2.45, 2.75) is 13.1 Å². The Morgan fingerprint density at radius 3 is 2.68 bits per heavy atom. The zero-order chi connectivity index (χ0) is 22.0. The van der Waals surface area contributed by atoms with Gasteiger partial charge in [-0.1, -0.05) is 42.5 Å². The Bertz CT molecular complexity index is 1260. The van der Waals surface area contributed by atoms with Crippen molar-refractivity contribution in [1.82, 2.24) is 25.1 Å². The van der Waals surface area contributed by atoms with Crippen LogP contribution in [0.15, 0.2) is 42.5 Å². The molecule has 4 rings (SSSR count). The fraction of sp³-hybridized carbons (Fsp3) is 0.105. The minimum Gasteiger partial charge on any atom is -0.423 e. The molecule has 0 fully saturated rings. The summed E-state index contributed by atoms with van der Waals surface area (Å²) in [7, 11) is -1.57. The van der Waals surface area contributed by atoms with Gasteiger partial charge in [-0.15, -0.1) is 0 Å². The van der Waals surface area contributed by atoms with Crippen LogP contribution in [0.2, 0.25) is 0 Å². The highest BCUT2D eigenvalue weighted by Crippen LogP contribution is 2.26. The third kappa shape index (κ3) is 4.21. The Balaban J connectivity index is 1.69. The lowest BCUT2D eigenvalue weighted by Crippen LogP contribution is -2.30. The third-order valence-corrected chi connectivity index (χ3v) is 4.67. The first-order valence-electron chi connectivity index (χ1n) is 9.37. The van der Waals surface area contributed by atoms with Gasteiger partial charge in [0.2, 0.25) is 11.8 Å². The monoisotopic (exact) mass is 418 g/mol. The molecule has 2 aromatic carbocycles. The van der Waals surface area contributed by atoms with Gasteiger partial charge in [0.25, 0.3) is 5.91 Å². The number of aromatic nitrogens is 5. The van der Waals surface area contributed by atoms with Gasteiger partial charge in [0.05, 0.1) is 5.52 Å². The van der Waals surface area contributed by atoms with Gasteiger partial charge in [0, 0.05) is 18.5 Å². The fourth-order valence-corrected chi connectivity index (χ4v) is 3.16. The van der Waals surface area contributed by atoms with Crippen molar-refractivity contribution in [3.63, 3.8) is 0 Å². The lowest BCUT2D eigenvalue weighted by molar-refractivity contribution is 0.0990. The minimum atomic E-state index is -1.57. The minimum absolute atomic E-state index is 0.125. The second-order valence-corrected chi connectivity index (χ2v) is 6.76. The summed E-state index contributed by atoms with van der Waals surface area (Å²) in [5.74, 6) is -0.719. The molecule has 0 unspecified atom stereocenters. The van der Waals surface area contributed by atoms with Crippen LogP contribution in [0.1, 0.15) is 21.7 Å². The van der Waals surface area contributed by atoms with E-state index in [4.69, 9.17) is 11.5 Å². The number of carbonyl (C=O) groups is 1. The molecule has 0 bridgehead atoms. The standard InChI is InChI=1S/C19H19BN8O3/c21-8-11-4-2-6-13-14(11)27-28-15(13)17-24-18(16(22)29)26-19(25-17)23-9-10-3-1-5-12(7-10)20(30)31/h1-7,30-31H,8-9,21H2,(H2,22,29)(H,27,28)(H,23,24,25,26). The Labute approximate surface area is 176 Å². The number of carbonyl (C=O) groups excluding carboxylic acids is 1. The first-order chi connectivity index (χ1) is 15.0. The Hall–Kier alpha value is -3.87. The predicted molar refractivity (Wildman–Crippen MR) is 115 cm³/mol. The summed E-state index contributed by atoms with van der Waals surface area (Å²) in [6, 6.07) is 12.3. The van der Waals surface area contributed by atoms with Crippen molar-refractivity contribution in [1.29, 1.82) is 0 Å². The average molecular weight is 418 g/mol. The number of H-pyrrole nitrogens is 1. The van der Waals surface area contributed by atoms with Gasteiger partial charge in [-0.25, -0.2) is 4.98 Å². The summed E-state index contributed by atoms with van der Waals surface area (Å²) >= 11 is 0. The number of nitrogens with one attached hydrogen (secondary N) is 2. The maximum Gasteiger partial charge on any atom is 0.488 e. The van der Waals surface area contributed by atoms with E-state index in [0.29, 0.717) is 17.7 Å². The number of hydrogen-bond acceptors (Lipinski definition) is 9. The first kappa shape index (κ1) is 20.4. The molecule has 0 atom stereocenters. The Morgan fingerprint density at radius 2 is 1.94 bits per heavy atom. The number of anilines is 1. The lowest BCUT2D eigenvalue weighted by Gasteiger charge is -2.08. The summed E-state index contributed by atoms with van der Waals surface area (Å²) < 4.78 is 0. The number of rotatable bonds is 7. The van der Waals surface area contributed by atoms with E-state index in [1.807, 2.05) is 18.2 Å². The van der Waals surface area contributed by atoms with Crippen LogP contribution in [0.4, 0.5) is 5.95 Å². The van der Waals surface area contributed by atoms with Crippen LogP contribution >= 0.6 is 0 Å². The van der Waals surface area contributed by atoms with E-state index in [2.05, 4.69) is 30.5 Å². The SMILES string of the molecule is NCc1cccc2c(-c3nc(NCc4cccc(B(O)O)c4)nc(C(N)=O)n3)n[nH]c12. The smallest absolute Gasteiger partial charge is 0.423 e.